The van der Waals surface area contributed by atoms with Crippen molar-refractivity contribution < 1.29 is 57.5 Å². The van der Waals surface area contributed by atoms with E-state index in [0.29, 0.717) is 12.8 Å². The van der Waals surface area contributed by atoms with Gasteiger partial charge in [-0.15, -0.1) is 0 Å². The van der Waals surface area contributed by atoms with Crippen LogP contribution in [0.3, 0.4) is 0 Å². The Morgan fingerprint density at radius 1 is 0.714 bits per heavy atom. The van der Waals surface area contributed by atoms with Crippen molar-refractivity contribution in [2.75, 3.05) is 0 Å². The Bertz CT molecular complexity index is 143. The summed E-state index contributed by atoms with van der Waals surface area (Å²) in [6, 6.07) is 0. The molecule has 0 bridgehead atoms. The van der Waals surface area contributed by atoms with E-state index in [-0.39, 0.29) is 50.6 Å². The second-order valence-corrected chi connectivity index (χ2v) is 2.66. The van der Waals surface area contributed by atoms with Gasteiger partial charge in [-0.05, 0) is 25.7 Å². The van der Waals surface area contributed by atoms with Gasteiger partial charge in [-0.3, -0.25) is 0 Å². The quantitative estimate of drug-likeness (QED) is 0.292. The predicted molar refractivity (Wildman–Crippen MR) is 37.7 cm³/mol. The first-order valence-corrected chi connectivity index (χ1v) is 4.02. The average molecular weight is 186 g/mol. The number of unbranched alkanes of at least 4 members (excludes halogenated alkanes) is 3. The van der Waals surface area contributed by atoms with Gasteiger partial charge < -0.3 is 19.8 Å². The van der Waals surface area contributed by atoms with Crippen molar-refractivity contribution in [1.82, 2.24) is 0 Å². The van der Waals surface area contributed by atoms with Crippen LogP contribution in [0.25, 0.3) is 0 Å². The molecule has 0 N–H and O–H groups in total. The van der Waals surface area contributed by atoms with Gasteiger partial charge in [0.05, 0.1) is 0 Å². The van der Waals surface area contributed by atoms with Crippen molar-refractivity contribution in [2.24, 2.45) is 0 Å². The first kappa shape index (κ1) is 19.7. The molecule has 0 aliphatic rings. The molecule has 0 amide bonds. The van der Waals surface area contributed by atoms with Gasteiger partial charge in [-0.25, -0.2) is 0 Å². The minimum atomic E-state index is -1.05. The van der Waals surface area contributed by atoms with Gasteiger partial charge in [0.1, 0.15) is 0 Å². The van der Waals surface area contributed by atoms with Crippen LogP contribution in [0, 0.1) is 0 Å². The van der Waals surface area contributed by atoms with E-state index in [0.717, 1.165) is 12.8 Å². The van der Waals surface area contributed by atoms with Crippen LogP contribution in [0.5, 0.6) is 0 Å². The van der Waals surface area contributed by atoms with Gasteiger partial charge in [0.15, 0.2) is 0 Å². The Balaban J connectivity index is -0.000000605. The third-order valence-corrected chi connectivity index (χ3v) is 1.51. The molecule has 0 aliphatic carbocycles. The molecule has 0 spiro atoms. The van der Waals surface area contributed by atoms with Crippen LogP contribution in [-0.4, -0.2) is 11.9 Å². The maximum atomic E-state index is 9.92. The third-order valence-electron chi connectivity index (χ3n) is 1.51. The number of carbonyl (C=O) groups is 2. The van der Waals surface area contributed by atoms with Crippen LogP contribution in [0.2, 0.25) is 0 Å². The largest absolute Gasteiger partial charge is 1.00 e. The third kappa shape index (κ3) is 18.0. The molecule has 0 radical (unpaired) electrons. The molecule has 0 atom stereocenters. The zero-order chi connectivity index (χ0) is 9.40. The zero-order valence-corrected chi connectivity index (χ0v) is 8.88. The van der Waals surface area contributed by atoms with E-state index in [1.54, 1.807) is 0 Å². The van der Waals surface area contributed by atoms with Crippen molar-refractivity contribution in [3.63, 3.8) is 0 Å². The molecule has 0 saturated carbocycles. The molecule has 0 rings (SSSR count). The molecule has 0 aromatic rings. The monoisotopic (exact) mass is 186 g/mol. The smallest absolute Gasteiger partial charge is 0.550 e. The summed E-state index contributed by atoms with van der Waals surface area (Å²) in [6.45, 7) is 0. The normalized spacial score (nSPS) is 8.29. The van der Waals surface area contributed by atoms with Crippen molar-refractivity contribution in [2.45, 2.75) is 38.5 Å². The Morgan fingerprint density at radius 3 is 1.21 bits per heavy atom. The van der Waals surface area contributed by atoms with E-state index in [1.165, 1.54) is 0 Å². The van der Waals surface area contributed by atoms with Crippen molar-refractivity contribution in [1.29, 1.82) is 0 Å². The second kappa shape index (κ2) is 13.1. The molecule has 0 heterocycles. The second-order valence-electron chi connectivity index (χ2n) is 2.66. The number of hydrogen-bond donors (Lipinski definition) is 0. The topological polar surface area (TPSA) is 80.3 Å². The number of hydrogen-bond acceptors (Lipinski definition) is 4. The fourth-order valence-corrected chi connectivity index (χ4v) is 0.892. The maximum Gasteiger partial charge on any atom is 1.00 e. The minimum Gasteiger partial charge on any atom is -0.550 e. The van der Waals surface area contributed by atoms with Crippen LogP contribution in [0.15, 0.2) is 0 Å². The van der Waals surface area contributed by atoms with Gasteiger partial charge in [0.25, 0.3) is 0 Å². The van der Waals surface area contributed by atoms with Crippen LogP contribution in [-0.2, 0) is 9.59 Å². The number of carboxylic acids is 2. The van der Waals surface area contributed by atoms with Crippen LogP contribution in [0.1, 0.15) is 38.5 Å². The van der Waals surface area contributed by atoms with Crippen LogP contribution in [0.4, 0.5) is 0 Å². The Kier molecular flexibility index (Phi) is 18.5. The minimum absolute atomic E-state index is 0. The fourth-order valence-electron chi connectivity index (χ4n) is 0.892. The number of carbonyl (C=O) groups excluding carboxylic acids is 2. The van der Waals surface area contributed by atoms with Crippen molar-refractivity contribution in [3.8, 4) is 0 Å². The molecule has 0 aromatic carbocycles. The van der Waals surface area contributed by atoms with Crippen LogP contribution >= 0.6 is 0 Å². The molecule has 0 saturated heterocycles. The first-order valence-electron chi connectivity index (χ1n) is 4.02. The summed E-state index contributed by atoms with van der Waals surface area (Å²) in [7, 11) is 0. The Hall–Kier alpha value is 0.135. The number of rotatable bonds is 7. The summed E-state index contributed by atoms with van der Waals surface area (Å²) in [4.78, 5) is 19.8. The van der Waals surface area contributed by atoms with Gasteiger partial charge in [0.2, 0.25) is 0 Å². The van der Waals surface area contributed by atoms with E-state index < -0.39 is 11.9 Å². The van der Waals surface area contributed by atoms with E-state index in [1.807, 2.05) is 0 Å². The van der Waals surface area contributed by atoms with Crippen molar-refractivity contribution >= 4 is 11.9 Å². The van der Waals surface area contributed by atoms with E-state index in [4.69, 9.17) is 0 Å². The summed E-state index contributed by atoms with van der Waals surface area (Å²) >= 11 is 0. The van der Waals surface area contributed by atoms with Gasteiger partial charge in [-0.1, -0.05) is 12.8 Å². The van der Waals surface area contributed by atoms with E-state index >= 15 is 0 Å². The predicted octanol–water partition coefficient (Wildman–Crippen LogP) is -7.17. The number of aliphatic carboxylic acids is 2. The molecule has 6 heteroatoms. The van der Waals surface area contributed by atoms with E-state index in [2.05, 4.69) is 0 Å². The van der Waals surface area contributed by atoms with Gasteiger partial charge >= 0.3 is 37.7 Å². The van der Waals surface area contributed by atoms with Gasteiger partial charge in [-0.2, -0.15) is 0 Å². The zero-order valence-electron chi connectivity index (χ0n) is 8.88. The fraction of sp³-hybridized carbons (Fsp3) is 0.750. The summed E-state index contributed by atoms with van der Waals surface area (Å²) in [5.74, 6) is -2.09. The molecular weight excluding hydrogens is 174 g/mol. The molecule has 0 fully saturated rings. The molecule has 4 nitrogen and oxygen atoms in total. The van der Waals surface area contributed by atoms with Crippen molar-refractivity contribution in [3.05, 3.63) is 0 Å². The molecule has 14 heavy (non-hydrogen) atoms. The molecule has 0 unspecified atom stereocenters. The maximum absolute atomic E-state index is 9.92. The average Bonchev–Trinajstić information content (AvgIpc) is 1.95. The molecule has 0 aliphatic heterocycles. The summed E-state index contributed by atoms with van der Waals surface area (Å²) in [5, 5.41) is 19.8. The Morgan fingerprint density at radius 2 is 1.00 bits per heavy atom. The Labute approximate surface area is 108 Å². The summed E-state index contributed by atoms with van der Waals surface area (Å²) < 4.78 is 0. The van der Waals surface area contributed by atoms with Gasteiger partial charge in [0, 0.05) is 11.9 Å². The number of carboxylic acid groups (broad SMARTS) is 2. The molecule has 70 valence electrons. The summed E-state index contributed by atoms with van der Waals surface area (Å²) in [6.07, 6.45) is 2.73. The standard InChI is InChI=1S/C8H14O4.2Li/c9-7(10)5-3-1-2-4-6-8(11)12;;/h1-6H2,(H,9,10)(H,11,12);;/q;2*+1/p-2. The van der Waals surface area contributed by atoms with E-state index in [9.17, 15) is 19.8 Å². The SMILES string of the molecule is O=C([O-])CCCCCCC(=O)[O-].[Li+].[Li+]. The van der Waals surface area contributed by atoms with Crippen LogP contribution < -0.4 is 47.9 Å². The molecule has 0 aromatic heterocycles. The summed E-state index contributed by atoms with van der Waals surface area (Å²) in [5.41, 5.74) is 0. The first-order chi connectivity index (χ1) is 5.63. The molecular formula is C8H12Li2O4.